The number of hydrogen-bond donors (Lipinski definition) is 1. The Kier molecular flexibility index (Phi) is 2.13. The van der Waals surface area contributed by atoms with Crippen LogP contribution in [0.25, 0.3) is 0 Å². The molecule has 1 aromatic rings. The monoisotopic (exact) mass is 204 g/mol. The second-order valence-corrected chi connectivity index (χ2v) is 4.62. The number of anilines is 1. The van der Waals surface area contributed by atoms with Gasteiger partial charge in [0.2, 0.25) is 0 Å². The molecule has 2 aliphatic rings. The number of piperidine rings is 1. The third-order valence-corrected chi connectivity index (χ3v) is 3.67. The van der Waals surface area contributed by atoms with Gasteiger partial charge in [-0.1, -0.05) is 0 Å². The number of fused-ring (bicyclic) bond motifs is 2. The van der Waals surface area contributed by atoms with E-state index in [4.69, 9.17) is 0 Å². The first kappa shape index (κ1) is 9.16. The maximum Gasteiger partial charge on any atom is 0.0579 e. The van der Waals surface area contributed by atoms with E-state index in [9.17, 15) is 5.11 Å². The van der Waals surface area contributed by atoms with Crippen molar-refractivity contribution in [2.24, 2.45) is 0 Å². The first-order valence-corrected chi connectivity index (χ1v) is 5.71. The smallest absolute Gasteiger partial charge is 0.0579 e. The number of aromatic nitrogens is 1. The highest BCUT2D eigenvalue weighted by Gasteiger charge is 2.39. The van der Waals surface area contributed by atoms with E-state index in [2.05, 4.69) is 22.0 Å². The van der Waals surface area contributed by atoms with Crippen LogP contribution in [0.2, 0.25) is 0 Å². The van der Waals surface area contributed by atoms with E-state index in [0.29, 0.717) is 12.1 Å². The average molecular weight is 204 g/mol. The van der Waals surface area contributed by atoms with Crippen molar-refractivity contribution in [3.8, 4) is 0 Å². The number of aliphatic hydroxyl groups is 1. The SMILES string of the molecule is OC1CC2CCC(C1)N2c1ccncc1. The van der Waals surface area contributed by atoms with Gasteiger partial charge < -0.3 is 10.0 Å². The standard InChI is InChI=1S/C12H16N2O/c15-12-7-10-1-2-11(8-12)14(10)9-3-5-13-6-4-9/h3-6,10-12,15H,1-2,7-8H2. The Hall–Kier alpha value is -1.09. The molecule has 2 atom stereocenters. The summed E-state index contributed by atoms with van der Waals surface area (Å²) in [6, 6.07) is 5.23. The maximum absolute atomic E-state index is 9.72. The van der Waals surface area contributed by atoms with Crippen LogP contribution in [0.1, 0.15) is 25.7 Å². The number of rotatable bonds is 1. The summed E-state index contributed by atoms with van der Waals surface area (Å²) in [5, 5.41) is 9.72. The summed E-state index contributed by atoms with van der Waals surface area (Å²) in [6.45, 7) is 0. The fraction of sp³-hybridized carbons (Fsp3) is 0.583. The number of nitrogens with zero attached hydrogens (tertiary/aromatic N) is 2. The Balaban J connectivity index is 1.89. The first-order valence-electron chi connectivity index (χ1n) is 5.71. The second-order valence-electron chi connectivity index (χ2n) is 4.62. The lowest BCUT2D eigenvalue weighted by Crippen LogP contribution is -2.44. The zero-order valence-electron chi connectivity index (χ0n) is 8.71. The van der Waals surface area contributed by atoms with Gasteiger partial charge in [-0.15, -0.1) is 0 Å². The van der Waals surface area contributed by atoms with Gasteiger partial charge in [0.15, 0.2) is 0 Å². The normalized spacial score (nSPS) is 34.5. The summed E-state index contributed by atoms with van der Waals surface area (Å²) < 4.78 is 0. The van der Waals surface area contributed by atoms with Gasteiger partial charge in [-0.25, -0.2) is 0 Å². The van der Waals surface area contributed by atoms with Crippen LogP contribution in [0.3, 0.4) is 0 Å². The molecular weight excluding hydrogens is 188 g/mol. The molecule has 2 bridgehead atoms. The zero-order valence-corrected chi connectivity index (χ0v) is 8.71. The first-order chi connectivity index (χ1) is 7.34. The molecule has 0 radical (unpaired) electrons. The summed E-state index contributed by atoms with van der Waals surface area (Å²) in [6.07, 6.45) is 7.92. The fourth-order valence-corrected chi connectivity index (χ4v) is 3.09. The molecule has 3 heteroatoms. The molecule has 15 heavy (non-hydrogen) atoms. The lowest BCUT2D eigenvalue weighted by atomic mass is 9.99. The molecular formula is C12H16N2O. The van der Waals surface area contributed by atoms with E-state index in [1.807, 2.05) is 12.4 Å². The molecule has 0 aromatic carbocycles. The van der Waals surface area contributed by atoms with Crippen molar-refractivity contribution in [3.63, 3.8) is 0 Å². The highest BCUT2D eigenvalue weighted by Crippen LogP contribution is 2.38. The molecule has 3 nitrogen and oxygen atoms in total. The minimum absolute atomic E-state index is 0.0828. The Bertz CT molecular complexity index is 327. The van der Waals surface area contributed by atoms with E-state index in [1.54, 1.807) is 0 Å². The highest BCUT2D eigenvalue weighted by molar-refractivity contribution is 5.49. The highest BCUT2D eigenvalue weighted by atomic mass is 16.3. The third kappa shape index (κ3) is 1.51. The molecule has 2 fully saturated rings. The molecule has 80 valence electrons. The van der Waals surface area contributed by atoms with Crippen molar-refractivity contribution in [3.05, 3.63) is 24.5 Å². The predicted molar refractivity (Wildman–Crippen MR) is 58.8 cm³/mol. The van der Waals surface area contributed by atoms with Gasteiger partial charge in [0.05, 0.1) is 6.10 Å². The average Bonchev–Trinajstić information content (AvgIpc) is 2.53. The molecule has 0 saturated carbocycles. The van der Waals surface area contributed by atoms with Crippen molar-refractivity contribution in [2.45, 2.75) is 43.9 Å². The van der Waals surface area contributed by atoms with Crippen LogP contribution in [0.5, 0.6) is 0 Å². The topological polar surface area (TPSA) is 36.4 Å². The number of pyridine rings is 1. The minimum Gasteiger partial charge on any atom is -0.393 e. The lowest BCUT2D eigenvalue weighted by Gasteiger charge is -2.38. The molecule has 2 saturated heterocycles. The Labute approximate surface area is 89.7 Å². The van der Waals surface area contributed by atoms with Crippen LogP contribution < -0.4 is 4.90 Å². The summed E-state index contributed by atoms with van der Waals surface area (Å²) in [7, 11) is 0. The van der Waals surface area contributed by atoms with Gasteiger partial charge >= 0.3 is 0 Å². The van der Waals surface area contributed by atoms with E-state index in [1.165, 1.54) is 18.5 Å². The summed E-state index contributed by atoms with van der Waals surface area (Å²) >= 11 is 0. The molecule has 0 aliphatic carbocycles. The number of aliphatic hydroxyl groups excluding tert-OH is 1. The second kappa shape index (κ2) is 3.49. The van der Waals surface area contributed by atoms with Gasteiger partial charge in [0.1, 0.15) is 0 Å². The van der Waals surface area contributed by atoms with E-state index in [-0.39, 0.29) is 6.10 Å². The van der Waals surface area contributed by atoms with Crippen LogP contribution in [-0.4, -0.2) is 28.3 Å². The molecule has 1 N–H and O–H groups in total. The van der Waals surface area contributed by atoms with Gasteiger partial charge in [0.25, 0.3) is 0 Å². The molecule has 2 aliphatic heterocycles. The van der Waals surface area contributed by atoms with E-state index < -0.39 is 0 Å². The number of hydrogen-bond acceptors (Lipinski definition) is 3. The van der Waals surface area contributed by atoms with Gasteiger partial charge in [-0.05, 0) is 37.8 Å². The van der Waals surface area contributed by atoms with Crippen LogP contribution in [0, 0.1) is 0 Å². The van der Waals surface area contributed by atoms with E-state index >= 15 is 0 Å². The van der Waals surface area contributed by atoms with Crippen LogP contribution in [0.4, 0.5) is 5.69 Å². The minimum atomic E-state index is -0.0828. The van der Waals surface area contributed by atoms with Gasteiger partial charge in [-0.2, -0.15) is 0 Å². The fourth-order valence-electron chi connectivity index (χ4n) is 3.09. The molecule has 3 rings (SSSR count). The maximum atomic E-state index is 9.72. The van der Waals surface area contributed by atoms with Crippen LogP contribution in [0.15, 0.2) is 24.5 Å². The third-order valence-electron chi connectivity index (χ3n) is 3.67. The predicted octanol–water partition coefficient (Wildman–Crippen LogP) is 1.57. The van der Waals surface area contributed by atoms with Crippen molar-refractivity contribution in [1.82, 2.24) is 4.98 Å². The Morgan fingerprint density at radius 1 is 1.13 bits per heavy atom. The largest absolute Gasteiger partial charge is 0.393 e. The van der Waals surface area contributed by atoms with Crippen molar-refractivity contribution < 1.29 is 5.11 Å². The molecule has 1 aromatic heterocycles. The molecule has 0 spiro atoms. The summed E-state index contributed by atoms with van der Waals surface area (Å²) in [5.41, 5.74) is 1.27. The summed E-state index contributed by atoms with van der Waals surface area (Å²) in [5.74, 6) is 0. The van der Waals surface area contributed by atoms with Gasteiger partial charge in [0, 0.05) is 30.2 Å². The zero-order chi connectivity index (χ0) is 10.3. The molecule has 2 unspecified atom stereocenters. The summed E-state index contributed by atoms with van der Waals surface area (Å²) in [4.78, 5) is 6.53. The molecule has 3 heterocycles. The molecule has 0 amide bonds. The van der Waals surface area contributed by atoms with E-state index in [0.717, 1.165) is 12.8 Å². The lowest BCUT2D eigenvalue weighted by molar-refractivity contribution is 0.126. The Morgan fingerprint density at radius 3 is 2.33 bits per heavy atom. The Morgan fingerprint density at radius 2 is 1.73 bits per heavy atom. The van der Waals surface area contributed by atoms with Crippen LogP contribution >= 0.6 is 0 Å². The van der Waals surface area contributed by atoms with Gasteiger partial charge in [-0.3, -0.25) is 4.98 Å². The van der Waals surface area contributed by atoms with Crippen molar-refractivity contribution >= 4 is 5.69 Å². The van der Waals surface area contributed by atoms with Crippen molar-refractivity contribution in [2.75, 3.05) is 4.90 Å². The van der Waals surface area contributed by atoms with Crippen molar-refractivity contribution in [1.29, 1.82) is 0 Å². The quantitative estimate of drug-likeness (QED) is 0.754. The van der Waals surface area contributed by atoms with Crippen LogP contribution in [-0.2, 0) is 0 Å².